The van der Waals surface area contributed by atoms with Crippen molar-refractivity contribution >= 4 is 11.9 Å². The Labute approximate surface area is 100 Å². The van der Waals surface area contributed by atoms with Crippen molar-refractivity contribution in [1.29, 1.82) is 0 Å². The number of allylic oxidation sites excluding steroid dienone is 2. The van der Waals surface area contributed by atoms with Crippen LogP contribution in [-0.4, -0.2) is 18.2 Å². The van der Waals surface area contributed by atoms with Crippen LogP contribution in [0.4, 0.5) is 0 Å². The monoisotopic (exact) mass is 242 g/mol. The zero-order valence-corrected chi connectivity index (χ0v) is 10.2. The van der Waals surface area contributed by atoms with Crippen LogP contribution < -0.4 is 11.5 Å². The van der Waals surface area contributed by atoms with E-state index >= 15 is 0 Å². The fourth-order valence-electron chi connectivity index (χ4n) is 0.890. The molecule has 0 atom stereocenters. The molecule has 0 amide bonds. The predicted molar refractivity (Wildman–Crippen MR) is 62.2 cm³/mol. The molecule has 17 heavy (non-hydrogen) atoms. The molecule has 6 heteroatoms. The predicted octanol–water partition coefficient (Wildman–Crippen LogP) is 0.534. The number of nitrogens with two attached hydrogens (primary N) is 2. The van der Waals surface area contributed by atoms with Gasteiger partial charge in [0.05, 0.1) is 0 Å². The summed E-state index contributed by atoms with van der Waals surface area (Å²) in [7, 11) is 0. The number of esters is 2. The van der Waals surface area contributed by atoms with Crippen LogP contribution in [0.15, 0.2) is 23.5 Å². The molecule has 96 valence electrons. The molecule has 0 spiro atoms. The molecule has 0 aromatic carbocycles. The van der Waals surface area contributed by atoms with E-state index in [9.17, 15) is 9.59 Å². The molecular formula is C11H18N2O4. The molecule has 4 N–H and O–H groups in total. The highest BCUT2D eigenvalue weighted by molar-refractivity contribution is 5.84. The molecule has 0 aliphatic rings. The van der Waals surface area contributed by atoms with Crippen molar-refractivity contribution in [3.63, 3.8) is 0 Å². The van der Waals surface area contributed by atoms with Crippen molar-refractivity contribution in [2.45, 2.75) is 33.5 Å². The minimum atomic E-state index is -0.943. The van der Waals surface area contributed by atoms with Gasteiger partial charge in [-0.15, -0.1) is 0 Å². The van der Waals surface area contributed by atoms with Gasteiger partial charge in [-0.3, -0.25) is 0 Å². The first-order chi connectivity index (χ1) is 7.85. The van der Waals surface area contributed by atoms with Crippen LogP contribution in [0.3, 0.4) is 0 Å². The van der Waals surface area contributed by atoms with Crippen molar-refractivity contribution in [3.8, 4) is 0 Å². The number of carbonyl (C=O) groups excluding carboxylic acids is 2. The lowest BCUT2D eigenvalue weighted by Gasteiger charge is -2.14. The molecule has 0 aromatic rings. The molecule has 0 rings (SSSR count). The summed E-state index contributed by atoms with van der Waals surface area (Å²) in [5.74, 6) is -1.31. The third-order valence-corrected chi connectivity index (χ3v) is 1.52. The first kappa shape index (κ1) is 15.0. The first-order valence-corrected chi connectivity index (χ1v) is 5.14. The Hall–Kier alpha value is -1.98. The second kappa shape index (κ2) is 7.32. The smallest absolute Gasteiger partial charge is 0.335 e. The Morgan fingerprint density at radius 3 is 1.65 bits per heavy atom. The standard InChI is InChI=1S/C11H18N2O4/c1-4-11(16-9(14)5-7(2)12)17-10(15)6-8(3)13/h5-6,11H,4,12-13H2,1-3H3/b7-5-,8-6-. The van der Waals surface area contributed by atoms with Crippen LogP contribution in [0.5, 0.6) is 0 Å². The first-order valence-electron chi connectivity index (χ1n) is 5.14. The molecule has 0 heterocycles. The average molecular weight is 242 g/mol. The van der Waals surface area contributed by atoms with Crippen LogP contribution in [0, 0.1) is 0 Å². The Kier molecular flexibility index (Phi) is 6.47. The van der Waals surface area contributed by atoms with Crippen molar-refractivity contribution in [2.24, 2.45) is 11.5 Å². The summed E-state index contributed by atoms with van der Waals surface area (Å²) < 4.78 is 9.71. The molecule has 0 aromatic heterocycles. The van der Waals surface area contributed by atoms with Crippen LogP contribution in [0.25, 0.3) is 0 Å². The van der Waals surface area contributed by atoms with E-state index in [0.29, 0.717) is 17.8 Å². The van der Waals surface area contributed by atoms with E-state index < -0.39 is 18.2 Å². The van der Waals surface area contributed by atoms with Gasteiger partial charge < -0.3 is 20.9 Å². The number of rotatable bonds is 5. The molecule has 6 nitrogen and oxygen atoms in total. The molecule has 0 saturated carbocycles. The van der Waals surface area contributed by atoms with Gasteiger partial charge in [-0.05, 0) is 13.8 Å². The van der Waals surface area contributed by atoms with Gasteiger partial charge in [0.1, 0.15) is 0 Å². The summed E-state index contributed by atoms with van der Waals surface area (Å²) in [5, 5.41) is 0. The maximum absolute atomic E-state index is 11.2. The van der Waals surface area contributed by atoms with Crippen LogP contribution in [-0.2, 0) is 19.1 Å². The Bertz CT molecular complexity index is 307. The van der Waals surface area contributed by atoms with Gasteiger partial charge in [0.15, 0.2) is 0 Å². The molecular weight excluding hydrogens is 224 g/mol. The van der Waals surface area contributed by atoms with E-state index in [4.69, 9.17) is 20.9 Å². The zero-order valence-electron chi connectivity index (χ0n) is 10.2. The maximum atomic E-state index is 11.2. The Morgan fingerprint density at radius 2 is 1.41 bits per heavy atom. The molecule has 0 aliphatic carbocycles. The van der Waals surface area contributed by atoms with Gasteiger partial charge >= 0.3 is 11.9 Å². The summed E-state index contributed by atoms with van der Waals surface area (Å²) in [6, 6.07) is 0. The van der Waals surface area contributed by atoms with Crippen LogP contribution in [0.2, 0.25) is 0 Å². The molecule has 0 fully saturated rings. The second-order valence-corrected chi connectivity index (χ2v) is 3.49. The number of carbonyl (C=O) groups is 2. The van der Waals surface area contributed by atoms with Gasteiger partial charge in [0.25, 0.3) is 0 Å². The van der Waals surface area contributed by atoms with Crippen molar-refractivity contribution in [1.82, 2.24) is 0 Å². The van der Waals surface area contributed by atoms with Gasteiger partial charge in [0, 0.05) is 30.0 Å². The number of ether oxygens (including phenoxy) is 2. The van der Waals surface area contributed by atoms with E-state index in [-0.39, 0.29) is 0 Å². The highest BCUT2D eigenvalue weighted by atomic mass is 16.7. The van der Waals surface area contributed by atoms with E-state index in [1.54, 1.807) is 20.8 Å². The van der Waals surface area contributed by atoms with Gasteiger partial charge in [-0.25, -0.2) is 9.59 Å². The lowest BCUT2D eigenvalue weighted by atomic mass is 10.4. The quantitative estimate of drug-likeness (QED) is 0.414. The fourth-order valence-corrected chi connectivity index (χ4v) is 0.890. The van der Waals surface area contributed by atoms with Crippen LogP contribution >= 0.6 is 0 Å². The van der Waals surface area contributed by atoms with E-state index in [1.165, 1.54) is 0 Å². The third-order valence-electron chi connectivity index (χ3n) is 1.52. The van der Waals surface area contributed by atoms with Gasteiger partial charge in [0.2, 0.25) is 6.29 Å². The molecule has 0 radical (unpaired) electrons. The largest absolute Gasteiger partial charge is 0.422 e. The van der Waals surface area contributed by atoms with Crippen molar-refractivity contribution in [3.05, 3.63) is 23.5 Å². The van der Waals surface area contributed by atoms with E-state index in [1.807, 2.05) is 0 Å². The molecule has 0 unspecified atom stereocenters. The fraction of sp³-hybridized carbons (Fsp3) is 0.455. The summed E-state index contributed by atoms with van der Waals surface area (Å²) in [6.45, 7) is 4.81. The highest BCUT2D eigenvalue weighted by Crippen LogP contribution is 2.03. The summed E-state index contributed by atoms with van der Waals surface area (Å²) >= 11 is 0. The third kappa shape index (κ3) is 7.89. The number of hydrogen-bond acceptors (Lipinski definition) is 6. The zero-order chi connectivity index (χ0) is 13.4. The molecule has 0 bridgehead atoms. The van der Waals surface area contributed by atoms with Gasteiger partial charge in [-0.1, -0.05) is 6.92 Å². The molecule has 0 saturated heterocycles. The summed E-state index contributed by atoms with van der Waals surface area (Å²) in [5.41, 5.74) is 11.2. The van der Waals surface area contributed by atoms with Crippen LogP contribution in [0.1, 0.15) is 27.2 Å². The number of hydrogen-bond donors (Lipinski definition) is 2. The van der Waals surface area contributed by atoms with Crippen molar-refractivity contribution < 1.29 is 19.1 Å². The average Bonchev–Trinajstić information content (AvgIpc) is 2.13. The highest BCUT2D eigenvalue weighted by Gasteiger charge is 2.14. The minimum absolute atomic E-state index is 0.314. The maximum Gasteiger partial charge on any atom is 0.335 e. The van der Waals surface area contributed by atoms with E-state index in [0.717, 1.165) is 12.2 Å². The molecule has 0 aliphatic heterocycles. The Balaban J connectivity index is 4.36. The van der Waals surface area contributed by atoms with E-state index in [2.05, 4.69) is 0 Å². The normalized spacial score (nSPS) is 12.5. The van der Waals surface area contributed by atoms with Gasteiger partial charge in [-0.2, -0.15) is 0 Å². The lowest BCUT2D eigenvalue weighted by molar-refractivity contribution is -0.181. The summed E-state index contributed by atoms with van der Waals surface area (Å²) in [6.07, 6.45) is 1.62. The minimum Gasteiger partial charge on any atom is -0.422 e. The SMILES string of the molecule is CCC(OC(=O)/C=C(/C)N)OC(=O)/C=C(/C)N. The summed E-state index contributed by atoms with van der Waals surface area (Å²) in [4.78, 5) is 22.4. The topological polar surface area (TPSA) is 105 Å². The van der Waals surface area contributed by atoms with Crippen molar-refractivity contribution in [2.75, 3.05) is 0 Å². The lowest BCUT2D eigenvalue weighted by Crippen LogP contribution is -2.23. The second-order valence-electron chi connectivity index (χ2n) is 3.49. The Morgan fingerprint density at radius 1 is 1.06 bits per heavy atom.